The van der Waals surface area contributed by atoms with Crippen LogP contribution in [-0.4, -0.2) is 26.2 Å². The Morgan fingerprint density at radius 2 is 0.723 bits per heavy atom. The van der Waals surface area contributed by atoms with Gasteiger partial charge in [-0.1, -0.05) is 78.9 Å². The summed E-state index contributed by atoms with van der Waals surface area (Å²) in [4.78, 5) is 7.37. The lowest BCUT2D eigenvalue weighted by atomic mass is 9.79. The Bertz CT molecular complexity index is 1620. The molecular weight excluding hydrogens is 571 g/mol. The van der Waals surface area contributed by atoms with Crippen LogP contribution < -0.4 is 14.7 Å². The van der Waals surface area contributed by atoms with Gasteiger partial charge < -0.3 is 14.7 Å². The van der Waals surface area contributed by atoms with Crippen molar-refractivity contribution in [3.63, 3.8) is 0 Å². The van der Waals surface area contributed by atoms with Crippen molar-refractivity contribution in [3.8, 4) is 0 Å². The van der Waals surface area contributed by atoms with E-state index in [1.807, 2.05) is 0 Å². The Hall–Kier alpha value is -4.50. The second-order valence-corrected chi connectivity index (χ2v) is 12.7. The average molecular weight is 624 g/mol. The fourth-order valence-corrected chi connectivity index (χ4v) is 7.01. The first-order chi connectivity index (χ1) is 22.9. The minimum absolute atomic E-state index is 0.136. The first-order valence-electron chi connectivity index (χ1n) is 17.5. The highest BCUT2D eigenvalue weighted by molar-refractivity contribution is 5.61. The van der Waals surface area contributed by atoms with E-state index in [-0.39, 0.29) is 5.92 Å². The van der Waals surface area contributed by atoms with E-state index >= 15 is 0 Å². The van der Waals surface area contributed by atoms with Gasteiger partial charge in [0.25, 0.3) is 0 Å². The zero-order valence-corrected chi connectivity index (χ0v) is 29.6. The van der Waals surface area contributed by atoms with Gasteiger partial charge in [0.1, 0.15) is 0 Å². The first kappa shape index (κ1) is 33.9. The van der Waals surface area contributed by atoms with E-state index in [0.29, 0.717) is 0 Å². The van der Waals surface area contributed by atoms with Gasteiger partial charge >= 0.3 is 0 Å². The molecule has 0 fully saturated rings. The molecule has 0 saturated carbocycles. The Balaban J connectivity index is 1.56. The molecule has 0 spiro atoms. The summed E-state index contributed by atoms with van der Waals surface area (Å²) < 4.78 is 0. The largest absolute Gasteiger partial charge is 0.372 e. The number of anilines is 3. The number of hydrogen-bond acceptors (Lipinski definition) is 3. The second-order valence-electron chi connectivity index (χ2n) is 12.7. The van der Waals surface area contributed by atoms with E-state index in [4.69, 9.17) is 0 Å². The van der Waals surface area contributed by atoms with Crippen molar-refractivity contribution in [1.82, 2.24) is 0 Å². The molecule has 3 nitrogen and oxygen atoms in total. The third-order valence-electron chi connectivity index (χ3n) is 9.75. The molecule has 0 N–H and O–H groups in total. The van der Waals surface area contributed by atoms with Gasteiger partial charge in [-0.2, -0.15) is 0 Å². The summed E-state index contributed by atoms with van der Waals surface area (Å²) in [6.45, 7) is 21.6. The molecule has 0 amide bonds. The van der Waals surface area contributed by atoms with E-state index in [1.165, 1.54) is 61.6 Å². The predicted octanol–water partition coefficient (Wildman–Crippen LogP) is 10.7. The maximum Gasteiger partial charge on any atom is 0.0429 e. The van der Waals surface area contributed by atoms with Crippen LogP contribution >= 0.6 is 0 Å². The molecule has 5 aromatic rings. The van der Waals surface area contributed by atoms with E-state index in [9.17, 15) is 0 Å². The number of aryl methyl sites for hydroxylation is 3. The quantitative estimate of drug-likeness (QED) is 0.114. The lowest BCUT2D eigenvalue weighted by Gasteiger charge is -2.29. The van der Waals surface area contributed by atoms with Gasteiger partial charge in [0, 0.05) is 62.2 Å². The fourth-order valence-electron chi connectivity index (χ4n) is 7.01. The van der Waals surface area contributed by atoms with E-state index in [2.05, 4.69) is 178 Å². The Kier molecular flexibility index (Phi) is 11.4. The molecule has 3 heteroatoms. The maximum absolute atomic E-state index is 2.47. The smallest absolute Gasteiger partial charge is 0.0429 e. The van der Waals surface area contributed by atoms with Gasteiger partial charge in [-0.15, -0.1) is 0 Å². The third kappa shape index (κ3) is 7.91. The van der Waals surface area contributed by atoms with Crippen molar-refractivity contribution < 1.29 is 0 Å². The van der Waals surface area contributed by atoms with Crippen LogP contribution in [0.1, 0.15) is 78.1 Å². The van der Waals surface area contributed by atoms with Crippen molar-refractivity contribution in [3.05, 3.63) is 160 Å². The number of hydrogen-bond donors (Lipinski definition) is 0. The number of nitrogens with zero attached hydrogens (tertiary/aromatic N) is 3. The van der Waals surface area contributed by atoms with E-state index in [0.717, 1.165) is 39.3 Å². The maximum atomic E-state index is 2.47. The molecule has 0 aliphatic carbocycles. The highest BCUT2D eigenvalue weighted by Crippen LogP contribution is 2.40. The molecule has 244 valence electrons. The summed E-state index contributed by atoms with van der Waals surface area (Å²) in [7, 11) is 0. The summed E-state index contributed by atoms with van der Waals surface area (Å²) in [6, 6.07) is 42.9. The minimum atomic E-state index is 0.136. The van der Waals surface area contributed by atoms with Crippen LogP contribution in [0.5, 0.6) is 0 Å². The topological polar surface area (TPSA) is 9.72 Å². The van der Waals surface area contributed by atoms with Crippen LogP contribution in [0.25, 0.3) is 0 Å². The standard InChI is InChI=1S/C44H53N3/c1-8-45(9-2)38-22-25-41(33(5)28-38)44(42-26-23-39(29-34(42)6)46(10-3)31-36-18-14-12-15-19-36)43-27-24-40(30-35(43)7)47(11-4)32-37-20-16-13-17-21-37/h12-30,44H,8-11,31-32H2,1-7H3. The minimum Gasteiger partial charge on any atom is -0.372 e. The van der Waals surface area contributed by atoms with Gasteiger partial charge in [-0.25, -0.2) is 0 Å². The molecule has 47 heavy (non-hydrogen) atoms. The molecule has 5 rings (SSSR count). The highest BCUT2D eigenvalue weighted by Gasteiger charge is 2.24. The summed E-state index contributed by atoms with van der Waals surface area (Å²) in [5.41, 5.74) is 14.6. The molecule has 0 atom stereocenters. The monoisotopic (exact) mass is 623 g/mol. The van der Waals surface area contributed by atoms with Crippen LogP contribution in [0.3, 0.4) is 0 Å². The Labute approximate surface area is 284 Å². The lowest BCUT2D eigenvalue weighted by molar-refractivity contribution is 0.827. The molecule has 0 heterocycles. The highest BCUT2D eigenvalue weighted by atomic mass is 15.1. The fraction of sp³-hybridized carbons (Fsp3) is 0.318. The predicted molar refractivity (Wildman–Crippen MR) is 204 cm³/mol. The zero-order chi connectivity index (χ0) is 33.3. The zero-order valence-electron chi connectivity index (χ0n) is 29.6. The van der Waals surface area contributed by atoms with Crippen LogP contribution in [0.2, 0.25) is 0 Å². The van der Waals surface area contributed by atoms with Crippen molar-refractivity contribution in [2.75, 3.05) is 40.9 Å². The lowest BCUT2D eigenvalue weighted by Crippen LogP contribution is -2.23. The second kappa shape index (κ2) is 15.9. The van der Waals surface area contributed by atoms with Crippen LogP contribution in [0.4, 0.5) is 17.1 Å². The normalized spacial score (nSPS) is 11.1. The molecule has 0 saturated heterocycles. The van der Waals surface area contributed by atoms with Crippen LogP contribution in [-0.2, 0) is 13.1 Å². The van der Waals surface area contributed by atoms with Gasteiger partial charge in [0.2, 0.25) is 0 Å². The third-order valence-corrected chi connectivity index (χ3v) is 9.75. The molecular formula is C44H53N3. The van der Waals surface area contributed by atoms with Gasteiger partial charge in [-0.05, 0) is 129 Å². The first-order valence-corrected chi connectivity index (χ1v) is 17.5. The molecule has 0 bridgehead atoms. The van der Waals surface area contributed by atoms with Crippen LogP contribution in [0.15, 0.2) is 115 Å². The van der Waals surface area contributed by atoms with E-state index in [1.54, 1.807) is 0 Å². The van der Waals surface area contributed by atoms with Crippen molar-refractivity contribution >= 4 is 17.1 Å². The van der Waals surface area contributed by atoms with Gasteiger partial charge in [0.05, 0.1) is 0 Å². The summed E-state index contributed by atoms with van der Waals surface area (Å²) >= 11 is 0. The van der Waals surface area contributed by atoms with E-state index < -0.39 is 0 Å². The van der Waals surface area contributed by atoms with Crippen molar-refractivity contribution in [2.24, 2.45) is 0 Å². The molecule has 0 aliphatic heterocycles. The SMILES string of the molecule is CCN(CC)c1ccc(C(c2ccc(N(CC)Cc3ccccc3)cc2C)c2ccc(N(CC)Cc3ccccc3)cc2C)c(C)c1. The van der Waals surface area contributed by atoms with Gasteiger partial charge in [-0.3, -0.25) is 0 Å². The summed E-state index contributed by atoms with van der Waals surface area (Å²) in [6.07, 6.45) is 0. The summed E-state index contributed by atoms with van der Waals surface area (Å²) in [5, 5.41) is 0. The van der Waals surface area contributed by atoms with Crippen LogP contribution in [0, 0.1) is 20.8 Å². The molecule has 0 unspecified atom stereocenters. The van der Waals surface area contributed by atoms with Crippen molar-refractivity contribution in [1.29, 1.82) is 0 Å². The number of benzene rings is 5. The Morgan fingerprint density at radius 3 is 1.02 bits per heavy atom. The molecule has 5 aromatic carbocycles. The molecule has 0 aromatic heterocycles. The molecule has 0 radical (unpaired) electrons. The summed E-state index contributed by atoms with van der Waals surface area (Å²) in [5.74, 6) is 0.136. The van der Waals surface area contributed by atoms with Gasteiger partial charge in [0.15, 0.2) is 0 Å². The van der Waals surface area contributed by atoms with Crippen molar-refractivity contribution in [2.45, 2.75) is 67.5 Å². The number of rotatable bonds is 14. The molecule has 0 aliphatic rings. The Morgan fingerprint density at radius 1 is 0.404 bits per heavy atom. The average Bonchev–Trinajstić information content (AvgIpc) is 3.09.